The normalized spacial score (nSPS) is 17.8. The number of hydrogen-bond acceptors (Lipinski definition) is 7. The summed E-state index contributed by atoms with van der Waals surface area (Å²) in [6.45, 7) is 5.64. The standard InChI is InChI=1S/C14H27O8P/c1-5-11(9-20-13(16)7-3)22-23(18,19)21-10-14(17,8-4)12(15)6-2/h11,17H,5-10H2,1-4H3,(H,18,19). The largest absolute Gasteiger partial charge is 0.472 e. The number of carbonyl (C=O) groups is 2. The van der Waals surface area contributed by atoms with E-state index in [1.54, 1.807) is 27.7 Å². The zero-order valence-corrected chi connectivity index (χ0v) is 15.0. The van der Waals surface area contributed by atoms with Gasteiger partial charge in [-0.15, -0.1) is 0 Å². The van der Waals surface area contributed by atoms with Gasteiger partial charge in [0.15, 0.2) is 5.78 Å². The van der Waals surface area contributed by atoms with E-state index in [0.717, 1.165) is 0 Å². The molecule has 0 aromatic heterocycles. The van der Waals surface area contributed by atoms with Crippen LogP contribution in [0.5, 0.6) is 0 Å². The molecule has 0 fully saturated rings. The minimum atomic E-state index is -4.50. The summed E-state index contributed by atoms with van der Waals surface area (Å²) in [5.74, 6) is -0.932. The first-order valence-corrected chi connectivity index (χ1v) is 9.20. The molecule has 0 aliphatic carbocycles. The highest BCUT2D eigenvalue weighted by atomic mass is 31.2. The number of aliphatic hydroxyl groups is 1. The topological polar surface area (TPSA) is 119 Å². The molecule has 2 N–H and O–H groups in total. The maximum atomic E-state index is 11.9. The third kappa shape index (κ3) is 8.04. The van der Waals surface area contributed by atoms with Crippen LogP contribution in [0.15, 0.2) is 0 Å². The number of rotatable bonds is 12. The van der Waals surface area contributed by atoms with Gasteiger partial charge in [0.1, 0.15) is 18.3 Å². The Bertz CT molecular complexity index is 438. The van der Waals surface area contributed by atoms with Crippen molar-refractivity contribution in [1.82, 2.24) is 0 Å². The van der Waals surface area contributed by atoms with Crippen LogP contribution < -0.4 is 0 Å². The van der Waals surface area contributed by atoms with Crippen LogP contribution in [-0.2, 0) is 27.9 Å². The molecule has 0 radical (unpaired) electrons. The molecular formula is C14H27O8P. The first-order chi connectivity index (χ1) is 10.6. The summed E-state index contributed by atoms with van der Waals surface area (Å²) in [5, 5.41) is 10.1. The van der Waals surface area contributed by atoms with Crippen molar-refractivity contribution in [3.05, 3.63) is 0 Å². The molecule has 0 aromatic rings. The summed E-state index contributed by atoms with van der Waals surface area (Å²) in [6, 6.07) is 0. The Hall–Kier alpha value is -0.790. The highest BCUT2D eigenvalue weighted by Crippen LogP contribution is 2.46. The minimum absolute atomic E-state index is 0.0466. The van der Waals surface area contributed by atoms with Crippen LogP contribution in [0.4, 0.5) is 0 Å². The van der Waals surface area contributed by atoms with Crippen LogP contribution >= 0.6 is 7.82 Å². The zero-order valence-electron chi connectivity index (χ0n) is 14.1. The van der Waals surface area contributed by atoms with E-state index in [1.165, 1.54) is 0 Å². The first-order valence-electron chi connectivity index (χ1n) is 7.71. The molecule has 23 heavy (non-hydrogen) atoms. The van der Waals surface area contributed by atoms with Crippen molar-refractivity contribution >= 4 is 19.6 Å². The summed E-state index contributed by atoms with van der Waals surface area (Å²) in [4.78, 5) is 32.5. The number of phosphoric ester groups is 1. The molecule has 0 rings (SSSR count). The number of Topliss-reactive ketones (excluding diaryl/α,β-unsaturated/α-hetero) is 1. The fourth-order valence-corrected chi connectivity index (χ4v) is 2.65. The van der Waals surface area contributed by atoms with Gasteiger partial charge in [0.05, 0.1) is 6.61 Å². The molecule has 0 spiro atoms. The maximum absolute atomic E-state index is 11.9. The SMILES string of the molecule is CCC(=O)OCC(CC)OP(=O)(O)OCC(O)(CC)C(=O)CC. The van der Waals surface area contributed by atoms with Crippen LogP contribution in [0.3, 0.4) is 0 Å². The molecule has 0 heterocycles. The van der Waals surface area contributed by atoms with E-state index in [4.69, 9.17) is 13.8 Å². The second-order valence-corrected chi connectivity index (χ2v) is 6.48. The summed E-state index contributed by atoms with van der Waals surface area (Å²) >= 11 is 0. The van der Waals surface area contributed by atoms with Gasteiger partial charge in [-0.05, 0) is 12.8 Å². The van der Waals surface area contributed by atoms with Crippen molar-refractivity contribution < 1.29 is 37.9 Å². The molecule has 8 nitrogen and oxygen atoms in total. The second-order valence-electron chi connectivity index (χ2n) is 5.08. The molecule has 0 aliphatic heterocycles. The Balaban J connectivity index is 4.64. The van der Waals surface area contributed by atoms with Crippen LogP contribution in [0.1, 0.15) is 53.4 Å². The van der Waals surface area contributed by atoms with Gasteiger partial charge in [-0.3, -0.25) is 18.6 Å². The third-order valence-corrected chi connectivity index (χ3v) is 4.37. The minimum Gasteiger partial charge on any atom is -0.463 e. The van der Waals surface area contributed by atoms with Crippen molar-refractivity contribution in [2.75, 3.05) is 13.2 Å². The second kappa shape index (κ2) is 10.2. The van der Waals surface area contributed by atoms with Gasteiger partial charge in [-0.1, -0.05) is 27.7 Å². The van der Waals surface area contributed by atoms with E-state index in [0.29, 0.717) is 6.42 Å². The van der Waals surface area contributed by atoms with Gasteiger partial charge in [-0.2, -0.15) is 0 Å². The van der Waals surface area contributed by atoms with Crippen molar-refractivity contribution in [1.29, 1.82) is 0 Å². The Morgan fingerprint density at radius 2 is 1.78 bits per heavy atom. The van der Waals surface area contributed by atoms with Gasteiger partial charge in [0, 0.05) is 12.8 Å². The molecule has 3 atom stereocenters. The van der Waals surface area contributed by atoms with E-state index in [9.17, 15) is 24.2 Å². The fraction of sp³-hybridized carbons (Fsp3) is 0.857. The van der Waals surface area contributed by atoms with Gasteiger partial charge >= 0.3 is 13.8 Å². The molecule has 136 valence electrons. The molecule has 0 aromatic carbocycles. The predicted octanol–water partition coefficient (Wildman–Crippen LogP) is 1.97. The van der Waals surface area contributed by atoms with Crippen LogP contribution in [0.2, 0.25) is 0 Å². The molecule has 0 amide bonds. The highest BCUT2D eigenvalue weighted by molar-refractivity contribution is 7.47. The summed E-state index contributed by atoms with van der Waals surface area (Å²) < 4.78 is 26.5. The van der Waals surface area contributed by atoms with Gasteiger partial charge < -0.3 is 14.7 Å². The third-order valence-electron chi connectivity index (χ3n) is 3.35. The number of esters is 1. The van der Waals surface area contributed by atoms with Gasteiger partial charge in [-0.25, -0.2) is 4.57 Å². The molecule has 0 aliphatic rings. The highest BCUT2D eigenvalue weighted by Gasteiger charge is 2.37. The smallest absolute Gasteiger partial charge is 0.463 e. The molecule has 0 saturated carbocycles. The molecule has 3 unspecified atom stereocenters. The average Bonchev–Trinajstić information content (AvgIpc) is 2.55. The Morgan fingerprint density at radius 1 is 1.17 bits per heavy atom. The maximum Gasteiger partial charge on any atom is 0.472 e. The van der Waals surface area contributed by atoms with Crippen molar-refractivity contribution in [3.63, 3.8) is 0 Å². The van der Waals surface area contributed by atoms with E-state index in [-0.39, 0.29) is 25.9 Å². The number of hydrogen-bond donors (Lipinski definition) is 2. The van der Waals surface area contributed by atoms with Gasteiger partial charge in [0.2, 0.25) is 0 Å². The number of carbonyl (C=O) groups excluding carboxylic acids is 2. The number of phosphoric acid groups is 1. The lowest BCUT2D eigenvalue weighted by Crippen LogP contribution is -2.42. The summed E-state index contributed by atoms with van der Waals surface area (Å²) in [5.41, 5.74) is -1.83. The average molecular weight is 354 g/mol. The Labute approximate surface area is 136 Å². The van der Waals surface area contributed by atoms with Crippen molar-refractivity contribution in [2.45, 2.75) is 65.1 Å². The first kappa shape index (κ1) is 22.2. The van der Waals surface area contributed by atoms with Crippen LogP contribution in [0.25, 0.3) is 0 Å². The summed E-state index contributed by atoms with van der Waals surface area (Å²) in [6.07, 6.45) is -0.193. The van der Waals surface area contributed by atoms with E-state index >= 15 is 0 Å². The molecular weight excluding hydrogens is 327 g/mol. The summed E-state index contributed by atoms with van der Waals surface area (Å²) in [7, 11) is -4.50. The fourth-order valence-electron chi connectivity index (χ4n) is 1.63. The lowest BCUT2D eigenvalue weighted by Gasteiger charge is -2.26. The molecule has 0 bridgehead atoms. The lowest BCUT2D eigenvalue weighted by molar-refractivity contribution is -0.146. The van der Waals surface area contributed by atoms with E-state index < -0.39 is 37.9 Å². The monoisotopic (exact) mass is 354 g/mol. The Morgan fingerprint density at radius 3 is 2.22 bits per heavy atom. The Kier molecular flexibility index (Phi) is 9.80. The van der Waals surface area contributed by atoms with E-state index in [2.05, 4.69) is 0 Å². The number of ketones is 1. The van der Waals surface area contributed by atoms with Crippen molar-refractivity contribution in [2.24, 2.45) is 0 Å². The molecule has 0 saturated heterocycles. The van der Waals surface area contributed by atoms with Crippen LogP contribution in [-0.4, -0.2) is 46.7 Å². The van der Waals surface area contributed by atoms with Gasteiger partial charge in [0.25, 0.3) is 0 Å². The van der Waals surface area contributed by atoms with Crippen molar-refractivity contribution in [3.8, 4) is 0 Å². The lowest BCUT2D eigenvalue weighted by atomic mass is 9.95. The zero-order chi connectivity index (χ0) is 18.1. The van der Waals surface area contributed by atoms with Crippen LogP contribution in [0, 0.1) is 0 Å². The quantitative estimate of drug-likeness (QED) is 0.403. The number of ether oxygens (including phenoxy) is 1. The molecule has 9 heteroatoms. The predicted molar refractivity (Wildman–Crippen MR) is 82.7 cm³/mol. The van der Waals surface area contributed by atoms with E-state index in [1.807, 2.05) is 0 Å².